The molecule has 118 valence electrons. The lowest BCUT2D eigenvalue weighted by Crippen LogP contribution is -2.15. The zero-order valence-electron chi connectivity index (χ0n) is 11.6. The summed E-state index contributed by atoms with van der Waals surface area (Å²) in [5.74, 6) is -0.531. The number of carbonyl (C=O) groups excluding carboxylic acids is 2. The van der Waals surface area contributed by atoms with E-state index in [0.29, 0.717) is 16.4 Å². The van der Waals surface area contributed by atoms with Gasteiger partial charge in [-0.05, 0) is 52.3 Å². The third-order valence-electron chi connectivity index (χ3n) is 2.53. The molecule has 0 saturated heterocycles. The van der Waals surface area contributed by atoms with Gasteiger partial charge in [0.2, 0.25) is 0 Å². The number of hydrogen-bond acceptors (Lipinski definition) is 4. The molecule has 2 aromatic carbocycles. The second kappa shape index (κ2) is 8.30. The van der Waals surface area contributed by atoms with Crippen molar-refractivity contribution in [2.45, 2.75) is 0 Å². The third kappa shape index (κ3) is 5.72. The second-order valence-corrected chi connectivity index (χ2v) is 5.51. The molecule has 2 amide bonds. The largest absolute Gasteiger partial charge is 0.437 e. The van der Waals surface area contributed by atoms with Crippen LogP contribution in [0.15, 0.2) is 58.2 Å². The minimum Gasteiger partial charge on any atom is -0.320 e. The van der Waals surface area contributed by atoms with E-state index in [2.05, 4.69) is 36.6 Å². The first-order valence-electron chi connectivity index (χ1n) is 6.37. The summed E-state index contributed by atoms with van der Waals surface area (Å²) >= 11 is 9.02. The Labute approximate surface area is 145 Å². The minimum atomic E-state index is -0.822. The van der Waals surface area contributed by atoms with E-state index in [0.717, 1.165) is 10.7 Å². The van der Waals surface area contributed by atoms with E-state index in [1.807, 2.05) is 6.07 Å². The molecule has 0 aromatic heterocycles. The molecule has 0 bridgehead atoms. The molecule has 0 spiro atoms. The van der Waals surface area contributed by atoms with Crippen molar-refractivity contribution in [1.29, 1.82) is 0 Å². The summed E-state index contributed by atoms with van der Waals surface area (Å²) in [6, 6.07) is 13.5. The average molecular weight is 397 g/mol. The van der Waals surface area contributed by atoms with Crippen LogP contribution in [0.4, 0.5) is 16.2 Å². The Morgan fingerprint density at radius 2 is 1.78 bits per heavy atom. The summed E-state index contributed by atoms with van der Waals surface area (Å²) in [5, 5.41) is 8.87. The van der Waals surface area contributed by atoms with Crippen LogP contribution in [0.5, 0.6) is 0 Å². The van der Waals surface area contributed by atoms with Crippen molar-refractivity contribution in [3.8, 4) is 0 Å². The number of nitrogens with one attached hydrogen (secondary N) is 2. The highest BCUT2D eigenvalue weighted by Gasteiger charge is 2.04. The zero-order chi connectivity index (χ0) is 16.7. The van der Waals surface area contributed by atoms with Crippen LogP contribution >= 0.6 is 27.5 Å². The van der Waals surface area contributed by atoms with Crippen molar-refractivity contribution >= 4 is 57.1 Å². The summed E-state index contributed by atoms with van der Waals surface area (Å²) in [6.45, 7) is 0. The van der Waals surface area contributed by atoms with Crippen LogP contribution in [0.1, 0.15) is 0 Å². The molecule has 8 heteroatoms. The molecule has 2 rings (SSSR count). The quantitative estimate of drug-likeness (QED) is 0.460. The number of nitrogens with zero attached hydrogens (tertiary/aromatic N) is 1. The maximum absolute atomic E-state index is 11.6. The predicted octanol–water partition coefficient (Wildman–Crippen LogP) is 4.28. The lowest BCUT2D eigenvalue weighted by molar-refractivity contribution is -0.110. The number of anilines is 2. The fourth-order valence-electron chi connectivity index (χ4n) is 1.52. The topological polar surface area (TPSA) is 79.8 Å². The molecule has 0 aliphatic carbocycles. The molecule has 23 heavy (non-hydrogen) atoms. The number of carbonyl (C=O) groups is 2. The normalized spacial score (nSPS) is 10.3. The number of amides is 2. The van der Waals surface area contributed by atoms with Gasteiger partial charge in [0.25, 0.3) is 5.91 Å². The van der Waals surface area contributed by atoms with Crippen molar-refractivity contribution in [3.63, 3.8) is 0 Å². The number of para-hydroxylation sites is 1. The van der Waals surface area contributed by atoms with Gasteiger partial charge in [-0.3, -0.25) is 14.9 Å². The monoisotopic (exact) mass is 395 g/mol. The van der Waals surface area contributed by atoms with E-state index in [-0.39, 0.29) is 0 Å². The van der Waals surface area contributed by atoms with Crippen LogP contribution in [0.3, 0.4) is 0 Å². The van der Waals surface area contributed by atoms with Crippen molar-refractivity contribution in [2.24, 2.45) is 5.16 Å². The standard InChI is InChI=1S/C15H11BrClN3O3/c16-12-3-1-2-4-13(12)20-14(21)9-18-23-15(22)19-11-7-5-10(17)6-8-11/h1-9H,(H,19,22)(H,20,21)/b18-9+. The van der Waals surface area contributed by atoms with Gasteiger partial charge in [0, 0.05) is 15.2 Å². The molecule has 0 aliphatic rings. The Bertz CT molecular complexity index is 735. The van der Waals surface area contributed by atoms with Gasteiger partial charge in [0.15, 0.2) is 0 Å². The van der Waals surface area contributed by atoms with Crippen LogP contribution in [-0.2, 0) is 9.63 Å². The first kappa shape index (κ1) is 17.0. The van der Waals surface area contributed by atoms with E-state index in [1.165, 1.54) is 0 Å². The van der Waals surface area contributed by atoms with Crippen molar-refractivity contribution < 1.29 is 14.4 Å². The van der Waals surface area contributed by atoms with Gasteiger partial charge in [-0.2, -0.15) is 0 Å². The highest BCUT2D eigenvalue weighted by Crippen LogP contribution is 2.20. The fraction of sp³-hybridized carbons (Fsp3) is 0. The average Bonchev–Trinajstić information content (AvgIpc) is 2.52. The summed E-state index contributed by atoms with van der Waals surface area (Å²) in [7, 11) is 0. The Balaban J connectivity index is 1.81. The van der Waals surface area contributed by atoms with Gasteiger partial charge in [-0.1, -0.05) is 28.9 Å². The molecule has 0 fully saturated rings. The van der Waals surface area contributed by atoms with Crippen LogP contribution in [0.25, 0.3) is 0 Å². The Morgan fingerprint density at radius 1 is 1.09 bits per heavy atom. The number of oxime groups is 1. The number of hydrogen-bond donors (Lipinski definition) is 2. The molecule has 0 heterocycles. The molecular formula is C15H11BrClN3O3. The van der Waals surface area contributed by atoms with Gasteiger partial charge in [-0.15, -0.1) is 0 Å². The van der Waals surface area contributed by atoms with Crippen molar-refractivity contribution in [1.82, 2.24) is 0 Å². The molecular weight excluding hydrogens is 386 g/mol. The summed E-state index contributed by atoms with van der Waals surface area (Å²) < 4.78 is 0.725. The van der Waals surface area contributed by atoms with Gasteiger partial charge < -0.3 is 5.32 Å². The van der Waals surface area contributed by atoms with Crippen LogP contribution in [-0.4, -0.2) is 18.2 Å². The minimum absolute atomic E-state index is 0.493. The fourth-order valence-corrected chi connectivity index (χ4v) is 2.03. The van der Waals surface area contributed by atoms with E-state index < -0.39 is 12.0 Å². The zero-order valence-corrected chi connectivity index (χ0v) is 14.0. The van der Waals surface area contributed by atoms with Crippen molar-refractivity contribution in [2.75, 3.05) is 10.6 Å². The van der Waals surface area contributed by atoms with E-state index in [4.69, 9.17) is 11.6 Å². The summed E-state index contributed by atoms with van der Waals surface area (Å²) in [6.07, 6.45) is 0.0400. The molecule has 0 saturated carbocycles. The van der Waals surface area contributed by atoms with Gasteiger partial charge in [0.1, 0.15) is 6.21 Å². The highest BCUT2D eigenvalue weighted by atomic mass is 79.9. The van der Waals surface area contributed by atoms with E-state index in [9.17, 15) is 9.59 Å². The van der Waals surface area contributed by atoms with Gasteiger partial charge in [-0.25, -0.2) is 4.79 Å². The predicted molar refractivity (Wildman–Crippen MR) is 92.8 cm³/mol. The first-order valence-corrected chi connectivity index (χ1v) is 7.54. The Kier molecular flexibility index (Phi) is 6.13. The highest BCUT2D eigenvalue weighted by molar-refractivity contribution is 9.10. The first-order chi connectivity index (χ1) is 11.0. The molecule has 2 N–H and O–H groups in total. The summed E-state index contributed by atoms with van der Waals surface area (Å²) in [4.78, 5) is 27.6. The van der Waals surface area contributed by atoms with Crippen molar-refractivity contribution in [3.05, 3.63) is 58.0 Å². The molecule has 0 aliphatic heterocycles. The number of halogens is 2. The maximum atomic E-state index is 11.6. The summed E-state index contributed by atoms with van der Waals surface area (Å²) in [5.41, 5.74) is 1.07. The van der Waals surface area contributed by atoms with Crippen LogP contribution in [0, 0.1) is 0 Å². The molecule has 0 unspecified atom stereocenters. The molecule has 6 nitrogen and oxygen atoms in total. The molecule has 0 atom stereocenters. The second-order valence-electron chi connectivity index (χ2n) is 4.21. The van der Waals surface area contributed by atoms with Gasteiger partial charge >= 0.3 is 6.09 Å². The van der Waals surface area contributed by atoms with Gasteiger partial charge in [0.05, 0.1) is 5.69 Å². The maximum Gasteiger partial charge on any atom is 0.437 e. The smallest absolute Gasteiger partial charge is 0.320 e. The lowest BCUT2D eigenvalue weighted by Gasteiger charge is -2.04. The third-order valence-corrected chi connectivity index (χ3v) is 3.47. The number of benzene rings is 2. The molecule has 2 aromatic rings. The SMILES string of the molecule is O=C(/C=N/OC(=O)Nc1ccc(Cl)cc1)Nc1ccccc1Br. The van der Waals surface area contributed by atoms with E-state index >= 15 is 0 Å². The Morgan fingerprint density at radius 3 is 2.48 bits per heavy atom. The number of rotatable bonds is 4. The Hall–Kier alpha value is -2.38. The van der Waals surface area contributed by atoms with Crippen LogP contribution in [0.2, 0.25) is 5.02 Å². The van der Waals surface area contributed by atoms with Crippen LogP contribution < -0.4 is 10.6 Å². The molecule has 0 radical (unpaired) electrons. The van der Waals surface area contributed by atoms with E-state index in [1.54, 1.807) is 42.5 Å². The lowest BCUT2D eigenvalue weighted by atomic mass is 10.3.